The van der Waals surface area contributed by atoms with Gasteiger partial charge in [-0.05, 0) is 36.4 Å². The molecule has 0 fully saturated rings. The molecule has 0 aliphatic carbocycles. The van der Waals surface area contributed by atoms with Crippen LogP contribution in [0.4, 0.5) is 0 Å². The second-order valence-electron chi connectivity index (χ2n) is 4.08. The maximum absolute atomic E-state index is 5.81. The number of hydrogen-bond acceptors (Lipinski definition) is 4. The number of hydrogen-bond donors (Lipinski definition) is 2. The van der Waals surface area contributed by atoms with E-state index in [4.69, 9.17) is 20.9 Å². The largest absolute Gasteiger partial charge is 0.497 e. The van der Waals surface area contributed by atoms with Crippen molar-refractivity contribution in [1.82, 2.24) is 0 Å². The fourth-order valence-corrected chi connectivity index (χ4v) is 1.61. The summed E-state index contributed by atoms with van der Waals surface area (Å²) in [6.45, 7) is 0. The lowest BCUT2D eigenvalue weighted by Crippen LogP contribution is -2.21. The van der Waals surface area contributed by atoms with Gasteiger partial charge >= 0.3 is 0 Å². The van der Waals surface area contributed by atoms with Crippen LogP contribution in [0.5, 0.6) is 17.2 Å². The van der Waals surface area contributed by atoms with E-state index in [9.17, 15) is 0 Å². The zero-order chi connectivity index (χ0) is 15.1. The summed E-state index contributed by atoms with van der Waals surface area (Å²) in [5.74, 6) is 2.01. The number of nitrogens with two attached hydrogens (primary N) is 2. The van der Waals surface area contributed by atoms with Gasteiger partial charge < -0.3 is 20.9 Å². The summed E-state index contributed by atoms with van der Waals surface area (Å²) in [5.41, 5.74) is 11.2. The Morgan fingerprint density at radius 3 is 2.33 bits per heavy atom. The Kier molecular flexibility index (Phi) is 4.76. The lowest BCUT2D eigenvalue weighted by molar-refractivity contribution is 0.413. The highest BCUT2D eigenvalue weighted by molar-refractivity contribution is 5.84. The van der Waals surface area contributed by atoms with Crippen LogP contribution in [-0.4, -0.2) is 19.3 Å². The number of methoxy groups -OCH3 is 1. The Morgan fingerprint density at radius 2 is 1.67 bits per heavy atom. The van der Waals surface area contributed by atoms with Gasteiger partial charge in [0.2, 0.25) is 5.96 Å². The van der Waals surface area contributed by atoms with Crippen molar-refractivity contribution in [2.45, 2.75) is 0 Å². The third kappa shape index (κ3) is 4.24. The molecule has 0 unspecified atom stereocenters. The summed E-state index contributed by atoms with van der Waals surface area (Å²) in [6.07, 6.45) is 1.53. The molecule has 4 N–H and O–H groups in total. The Labute approximate surface area is 122 Å². The van der Waals surface area contributed by atoms with Crippen LogP contribution in [0.25, 0.3) is 0 Å². The molecule has 2 aromatic carbocycles. The summed E-state index contributed by atoms with van der Waals surface area (Å²) >= 11 is 0. The molecule has 0 aliphatic heterocycles. The van der Waals surface area contributed by atoms with Crippen LogP contribution in [0.15, 0.2) is 58.7 Å². The zero-order valence-electron chi connectivity index (χ0n) is 11.6. The molecule has 6 nitrogen and oxygen atoms in total. The summed E-state index contributed by atoms with van der Waals surface area (Å²) in [7, 11) is 1.62. The van der Waals surface area contributed by atoms with E-state index < -0.39 is 0 Å². The Hall–Kier alpha value is -3.02. The minimum Gasteiger partial charge on any atom is -0.497 e. The molecule has 0 atom stereocenters. The molecule has 0 spiro atoms. The van der Waals surface area contributed by atoms with Crippen molar-refractivity contribution >= 4 is 12.2 Å². The first-order chi connectivity index (χ1) is 10.2. The predicted molar refractivity (Wildman–Crippen MR) is 82.9 cm³/mol. The highest BCUT2D eigenvalue weighted by Gasteiger charge is 2.02. The minimum absolute atomic E-state index is 0.0974. The van der Waals surface area contributed by atoms with Crippen LogP contribution in [0, 0.1) is 0 Å². The van der Waals surface area contributed by atoms with Gasteiger partial charge in [-0.25, -0.2) is 0 Å². The molecule has 108 valence electrons. The Morgan fingerprint density at radius 1 is 1.00 bits per heavy atom. The molecule has 0 aliphatic rings. The number of para-hydroxylation sites is 1. The Balaban J connectivity index is 2.19. The maximum atomic E-state index is 5.81. The van der Waals surface area contributed by atoms with E-state index in [-0.39, 0.29) is 5.96 Å². The van der Waals surface area contributed by atoms with Crippen molar-refractivity contribution in [3.05, 3.63) is 54.1 Å². The lowest BCUT2D eigenvalue weighted by Gasteiger charge is -2.08. The van der Waals surface area contributed by atoms with Gasteiger partial charge in [-0.2, -0.15) is 5.10 Å². The highest BCUT2D eigenvalue weighted by atomic mass is 16.5. The van der Waals surface area contributed by atoms with E-state index in [0.717, 1.165) is 11.3 Å². The average Bonchev–Trinajstić information content (AvgIpc) is 2.49. The fourth-order valence-electron chi connectivity index (χ4n) is 1.61. The first-order valence-electron chi connectivity index (χ1n) is 6.22. The molecule has 21 heavy (non-hydrogen) atoms. The number of ether oxygens (including phenoxy) is 2. The second kappa shape index (κ2) is 6.95. The maximum Gasteiger partial charge on any atom is 0.211 e. The van der Waals surface area contributed by atoms with E-state index in [1.165, 1.54) is 6.21 Å². The summed E-state index contributed by atoms with van der Waals surface area (Å²) < 4.78 is 10.9. The molecule has 2 rings (SSSR count). The standard InChI is InChI=1S/C15H16N4O2/c1-20-12-6-8-13(9-7-12)21-14-5-3-2-4-11(14)10-18-19-15(16)17/h2-10H,1H3,(H4,16,17,19). The molecule has 0 amide bonds. The number of guanidine groups is 1. The second-order valence-corrected chi connectivity index (χ2v) is 4.08. The van der Waals surface area contributed by atoms with Crippen LogP contribution in [-0.2, 0) is 0 Å². The van der Waals surface area contributed by atoms with E-state index in [2.05, 4.69) is 10.2 Å². The molecular weight excluding hydrogens is 268 g/mol. The minimum atomic E-state index is -0.0974. The van der Waals surface area contributed by atoms with E-state index in [1.54, 1.807) is 7.11 Å². The van der Waals surface area contributed by atoms with Crippen molar-refractivity contribution in [3.63, 3.8) is 0 Å². The van der Waals surface area contributed by atoms with Crippen LogP contribution in [0.1, 0.15) is 5.56 Å². The van der Waals surface area contributed by atoms with Gasteiger partial charge in [-0.1, -0.05) is 12.1 Å². The molecule has 0 bridgehead atoms. The monoisotopic (exact) mass is 284 g/mol. The van der Waals surface area contributed by atoms with Crippen LogP contribution >= 0.6 is 0 Å². The number of nitrogens with zero attached hydrogens (tertiary/aromatic N) is 2. The summed E-state index contributed by atoms with van der Waals surface area (Å²) in [5, 5.41) is 7.34. The SMILES string of the molecule is COc1ccc(Oc2ccccc2C=NN=C(N)N)cc1. The predicted octanol–water partition coefficient (Wildman–Crippen LogP) is 2.09. The van der Waals surface area contributed by atoms with Crippen LogP contribution in [0.3, 0.4) is 0 Å². The third-order valence-electron chi connectivity index (χ3n) is 2.58. The first kappa shape index (κ1) is 14.4. The molecule has 0 saturated carbocycles. The van der Waals surface area contributed by atoms with Crippen molar-refractivity contribution in [2.75, 3.05) is 7.11 Å². The molecular formula is C15H16N4O2. The highest BCUT2D eigenvalue weighted by Crippen LogP contribution is 2.25. The lowest BCUT2D eigenvalue weighted by atomic mass is 10.2. The van der Waals surface area contributed by atoms with Gasteiger partial charge in [0.15, 0.2) is 0 Å². The topological polar surface area (TPSA) is 95.2 Å². The zero-order valence-corrected chi connectivity index (χ0v) is 11.6. The van der Waals surface area contributed by atoms with E-state index >= 15 is 0 Å². The van der Waals surface area contributed by atoms with Gasteiger partial charge in [0.05, 0.1) is 13.3 Å². The molecule has 0 heterocycles. The number of benzene rings is 2. The van der Waals surface area contributed by atoms with Gasteiger partial charge in [0, 0.05) is 5.56 Å². The quantitative estimate of drug-likeness (QED) is 0.499. The van der Waals surface area contributed by atoms with Crippen molar-refractivity contribution in [3.8, 4) is 17.2 Å². The van der Waals surface area contributed by atoms with E-state index in [0.29, 0.717) is 11.5 Å². The number of rotatable bonds is 5. The van der Waals surface area contributed by atoms with Gasteiger partial charge in [-0.3, -0.25) is 0 Å². The summed E-state index contributed by atoms with van der Waals surface area (Å²) in [4.78, 5) is 0. The molecule has 6 heteroatoms. The van der Waals surface area contributed by atoms with Gasteiger partial charge in [0.25, 0.3) is 0 Å². The average molecular weight is 284 g/mol. The molecule has 2 aromatic rings. The first-order valence-corrected chi connectivity index (χ1v) is 6.22. The van der Waals surface area contributed by atoms with Crippen LogP contribution in [0.2, 0.25) is 0 Å². The normalized spacial score (nSPS) is 10.3. The molecule has 0 aromatic heterocycles. The molecule has 0 saturated heterocycles. The van der Waals surface area contributed by atoms with Gasteiger partial charge in [-0.15, -0.1) is 5.10 Å². The van der Waals surface area contributed by atoms with Gasteiger partial charge in [0.1, 0.15) is 17.2 Å². The van der Waals surface area contributed by atoms with Crippen molar-refractivity contribution < 1.29 is 9.47 Å². The fraction of sp³-hybridized carbons (Fsp3) is 0.0667. The molecule has 0 radical (unpaired) electrons. The Bertz CT molecular complexity index is 647. The van der Waals surface area contributed by atoms with E-state index in [1.807, 2.05) is 48.5 Å². The third-order valence-corrected chi connectivity index (χ3v) is 2.58. The van der Waals surface area contributed by atoms with Crippen LogP contribution < -0.4 is 20.9 Å². The van der Waals surface area contributed by atoms with Crippen molar-refractivity contribution in [2.24, 2.45) is 21.7 Å². The van der Waals surface area contributed by atoms with Crippen molar-refractivity contribution in [1.29, 1.82) is 0 Å². The summed E-state index contributed by atoms with van der Waals surface area (Å²) in [6, 6.07) is 14.7. The smallest absolute Gasteiger partial charge is 0.211 e.